The second kappa shape index (κ2) is 5.44. The Labute approximate surface area is 95.4 Å². The molecule has 0 saturated carbocycles. The van der Waals surface area contributed by atoms with Crippen LogP contribution in [0.2, 0.25) is 5.02 Å². The second-order valence-corrected chi connectivity index (χ2v) is 3.62. The van der Waals surface area contributed by atoms with Crippen molar-refractivity contribution < 1.29 is 9.53 Å². The van der Waals surface area contributed by atoms with E-state index in [4.69, 9.17) is 16.3 Å². The first-order valence-corrected chi connectivity index (χ1v) is 5.59. The first kappa shape index (κ1) is 10.8. The Morgan fingerprint density at radius 2 is 2.31 bits per heavy atom. The summed E-state index contributed by atoms with van der Waals surface area (Å²) in [4.78, 5) is 10.8. The van der Waals surface area contributed by atoms with Crippen molar-refractivity contribution in [3.05, 3.63) is 34.9 Å². The molecule has 0 heterocycles. The number of esters is 1. The van der Waals surface area contributed by atoms with Crippen molar-refractivity contribution in [1.82, 2.24) is 0 Å². The van der Waals surface area contributed by atoms with Gasteiger partial charge in [-0.1, -0.05) is 46.3 Å². The lowest BCUT2D eigenvalue weighted by atomic mass is 10.2. The minimum absolute atomic E-state index is 0.208. The van der Waals surface area contributed by atoms with Crippen molar-refractivity contribution in [2.24, 2.45) is 0 Å². The van der Waals surface area contributed by atoms with Gasteiger partial charge in [-0.25, -0.2) is 0 Å². The number of carbonyl (C=O) groups is 1. The molecule has 13 heavy (non-hydrogen) atoms. The number of alkyl halides is 1. The van der Waals surface area contributed by atoms with Crippen molar-refractivity contribution in [2.45, 2.75) is 6.61 Å². The summed E-state index contributed by atoms with van der Waals surface area (Å²) in [5.74, 6) is -0.208. The van der Waals surface area contributed by atoms with Gasteiger partial charge in [-0.2, -0.15) is 0 Å². The molecule has 0 fully saturated rings. The van der Waals surface area contributed by atoms with Crippen LogP contribution in [0.5, 0.6) is 0 Å². The molecule has 1 rings (SSSR count). The number of rotatable bonds is 3. The number of benzene rings is 1. The summed E-state index contributed by atoms with van der Waals surface area (Å²) >= 11 is 7.71. The van der Waals surface area contributed by atoms with Crippen LogP contribution in [0, 0.1) is 0 Å². The summed E-state index contributed by atoms with van der Waals surface area (Å²) < 4.78 is 5.30. The van der Waals surface area contributed by atoms with E-state index in [9.17, 15) is 4.79 Å². The Kier molecular flexibility index (Phi) is 4.52. The second-order valence-electron chi connectivity index (χ2n) is 2.42. The van der Waals surface area contributed by atoms with Gasteiger partial charge in [0.1, 0.15) is 6.61 Å². The van der Waals surface area contributed by atoms with E-state index in [1.54, 1.807) is 12.1 Å². The molecule has 0 saturated heterocycles. The van der Waals surface area contributed by atoms with Crippen LogP contribution in [0.1, 0.15) is 5.56 Å². The third-order valence-electron chi connectivity index (χ3n) is 1.40. The summed E-state index contributed by atoms with van der Waals surface area (Å²) in [6, 6.07) is 7.26. The fourth-order valence-electron chi connectivity index (χ4n) is 0.829. The third kappa shape index (κ3) is 3.95. The van der Waals surface area contributed by atoms with Crippen LogP contribution in [-0.2, 0) is 16.1 Å². The first-order chi connectivity index (χ1) is 6.22. The molecule has 0 spiro atoms. The zero-order chi connectivity index (χ0) is 9.68. The molecule has 4 heteroatoms. The van der Waals surface area contributed by atoms with E-state index in [1.807, 2.05) is 34.7 Å². The largest absolute Gasteiger partial charge is 0.460 e. The maximum absolute atomic E-state index is 10.8. The van der Waals surface area contributed by atoms with Gasteiger partial charge in [0.2, 0.25) is 0 Å². The Morgan fingerprint density at radius 1 is 1.54 bits per heavy atom. The molecule has 0 radical (unpaired) electrons. The van der Waals surface area contributed by atoms with Crippen LogP contribution in [0.25, 0.3) is 0 Å². The van der Waals surface area contributed by atoms with E-state index >= 15 is 0 Å². The maximum atomic E-state index is 10.8. The van der Waals surface area contributed by atoms with Gasteiger partial charge in [0, 0.05) is 5.02 Å². The van der Waals surface area contributed by atoms with Crippen LogP contribution in [0.4, 0.5) is 0 Å². The molecule has 0 atom stereocenters. The summed E-state index contributed by atoms with van der Waals surface area (Å²) in [6.45, 7) is 0.294. The van der Waals surface area contributed by atoms with E-state index in [2.05, 4.69) is 0 Å². The molecule has 0 aliphatic carbocycles. The molecule has 1 aromatic rings. The number of ether oxygens (including phenoxy) is 1. The van der Waals surface area contributed by atoms with Crippen LogP contribution >= 0.6 is 34.2 Å². The highest BCUT2D eigenvalue weighted by molar-refractivity contribution is 14.1. The zero-order valence-electron chi connectivity index (χ0n) is 6.80. The predicted octanol–water partition coefficient (Wildman–Crippen LogP) is 2.82. The lowest BCUT2D eigenvalue weighted by Crippen LogP contribution is -2.04. The molecular weight excluding hydrogens is 302 g/mol. The van der Waals surface area contributed by atoms with Crippen molar-refractivity contribution in [3.63, 3.8) is 0 Å². The SMILES string of the molecule is O=C(CI)OCc1cccc(Cl)c1. The number of hydrogen-bond donors (Lipinski definition) is 0. The van der Waals surface area contributed by atoms with E-state index in [1.165, 1.54) is 0 Å². The molecular formula is C9H8ClIO2. The minimum atomic E-state index is -0.208. The fourth-order valence-corrected chi connectivity index (χ4v) is 1.26. The molecule has 1 aromatic carbocycles. The van der Waals surface area contributed by atoms with E-state index < -0.39 is 0 Å². The Morgan fingerprint density at radius 3 is 2.92 bits per heavy atom. The molecule has 0 N–H and O–H groups in total. The summed E-state index contributed by atoms with van der Waals surface area (Å²) in [5.41, 5.74) is 0.908. The molecule has 0 amide bonds. The smallest absolute Gasteiger partial charge is 0.316 e. The highest BCUT2D eigenvalue weighted by Gasteiger charge is 2.00. The number of hydrogen-bond acceptors (Lipinski definition) is 2. The Hall–Kier alpha value is -0.290. The molecule has 70 valence electrons. The van der Waals surface area contributed by atoms with E-state index in [0.29, 0.717) is 16.1 Å². The highest BCUT2D eigenvalue weighted by Crippen LogP contribution is 2.11. The first-order valence-electron chi connectivity index (χ1n) is 3.68. The van der Waals surface area contributed by atoms with Crippen molar-refractivity contribution in [3.8, 4) is 0 Å². The van der Waals surface area contributed by atoms with Crippen molar-refractivity contribution in [1.29, 1.82) is 0 Å². The Balaban J connectivity index is 2.50. The average Bonchev–Trinajstić information content (AvgIpc) is 2.14. The monoisotopic (exact) mass is 310 g/mol. The van der Waals surface area contributed by atoms with Crippen molar-refractivity contribution >= 4 is 40.2 Å². The molecule has 2 nitrogen and oxygen atoms in total. The average molecular weight is 311 g/mol. The summed E-state index contributed by atoms with van der Waals surface area (Å²) in [6.07, 6.45) is 0. The topological polar surface area (TPSA) is 26.3 Å². The van der Waals surface area contributed by atoms with E-state index in [-0.39, 0.29) is 5.97 Å². The lowest BCUT2D eigenvalue weighted by Gasteiger charge is -2.02. The summed E-state index contributed by atoms with van der Waals surface area (Å²) in [5, 5.41) is 0.656. The standard InChI is InChI=1S/C9H8ClIO2/c10-8-3-1-2-7(4-8)6-13-9(12)5-11/h1-4H,5-6H2. The molecule has 0 aromatic heterocycles. The van der Waals surface area contributed by atoms with Crippen molar-refractivity contribution in [2.75, 3.05) is 4.43 Å². The van der Waals surface area contributed by atoms with E-state index in [0.717, 1.165) is 5.56 Å². The van der Waals surface area contributed by atoms with Gasteiger partial charge in [-0.05, 0) is 17.7 Å². The Bertz CT molecular complexity index is 301. The number of carbonyl (C=O) groups excluding carboxylic acids is 1. The normalized spacial score (nSPS) is 9.69. The van der Waals surface area contributed by atoms with Gasteiger partial charge in [-0.15, -0.1) is 0 Å². The fraction of sp³-hybridized carbons (Fsp3) is 0.222. The third-order valence-corrected chi connectivity index (χ3v) is 2.26. The summed E-state index contributed by atoms with van der Waals surface area (Å²) in [7, 11) is 0. The van der Waals surface area contributed by atoms with Crippen LogP contribution < -0.4 is 0 Å². The predicted molar refractivity (Wildman–Crippen MR) is 60.1 cm³/mol. The molecule has 0 aliphatic heterocycles. The van der Waals surface area contributed by atoms with Gasteiger partial charge in [0.15, 0.2) is 0 Å². The van der Waals surface area contributed by atoms with Gasteiger partial charge in [-0.3, -0.25) is 4.79 Å². The van der Waals surface area contributed by atoms with Crippen LogP contribution in [0.3, 0.4) is 0 Å². The molecule has 0 unspecified atom stereocenters. The lowest BCUT2D eigenvalue weighted by molar-refractivity contribution is -0.141. The number of halogens is 2. The van der Waals surface area contributed by atoms with Gasteiger partial charge in [0.05, 0.1) is 4.43 Å². The minimum Gasteiger partial charge on any atom is -0.460 e. The highest BCUT2D eigenvalue weighted by atomic mass is 127. The van der Waals surface area contributed by atoms with Gasteiger partial charge >= 0.3 is 5.97 Å². The van der Waals surface area contributed by atoms with Gasteiger partial charge in [0.25, 0.3) is 0 Å². The van der Waals surface area contributed by atoms with Gasteiger partial charge < -0.3 is 4.74 Å². The van der Waals surface area contributed by atoms with Crippen LogP contribution in [-0.4, -0.2) is 10.4 Å². The maximum Gasteiger partial charge on any atom is 0.316 e. The molecule has 0 bridgehead atoms. The quantitative estimate of drug-likeness (QED) is 0.487. The zero-order valence-corrected chi connectivity index (χ0v) is 9.71. The van der Waals surface area contributed by atoms with Crippen LogP contribution in [0.15, 0.2) is 24.3 Å². The molecule has 0 aliphatic rings.